The van der Waals surface area contributed by atoms with Gasteiger partial charge in [-0.2, -0.15) is 0 Å². The van der Waals surface area contributed by atoms with Gasteiger partial charge in [-0.15, -0.1) is 0 Å². The number of aliphatic hydroxyl groups excluding tert-OH is 1. The molecule has 106 valence electrons. The molecule has 2 N–H and O–H groups in total. The van der Waals surface area contributed by atoms with E-state index in [2.05, 4.69) is 5.32 Å². The standard InChI is InChI=1S/C14H20FNO3/c1-10(11-3-5-12(15)6-4-11)7-14(18)16-8-13(17)9-19-2/h3-6,10,13,17H,7-9H2,1-2H3,(H,16,18). The van der Waals surface area contributed by atoms with Gasteiger partial charge in [-0.1, -0.05) is 19.1 Å². The molecule has 0 spiro atoms. The van der Waals surface area contributed by atoms with Crippen molar-refractivity contribution in [2.45, 2.75) is 25.4 Å². The van der Waals surface area contributed by atoms with Crippen LogP contribution in [0.5, 0.6) is 0 Å². The number of amides is 1. The molecule has 0 saturated carbocycles. The molecule has 0 radical (unpaired) electrons. The first-order valence-electron chi connectivity index (χ1n) is 6.22. The Morgan fingerprint density at radius 3 is 2.63 bits per heavy atom. The molecule has 1 amide bonds. The van der Waals surface area contributed by atoms with Crippen LogP contribution in [0.1, 0.15) is 24.8 Å². The first-order valence-corrected chi connectivity index (χ1v) is 6.22. The zero-order valence-corrected chi connectivity index (χ0v) is 11.2. The predicted molar refractivity (Wildman–Crippen MR) is 70.3 cm³/mol. The van der Waals surface area contributed by atoms with Gasteiger partial charge in [0.05, 0.1) is 12.7 Å². The molecular weight excluding hydrogens is 249 g/mol. The van der Waals surface area contributed by atoms with Gasteiger partial charge in [-0.25, -0.2) is 4.39 Å². The second kappa shape index (κ2) is 7.86. The highest BCUT2D eigenvalue weighted by molar-refractivity contribution is 5.76. The molecule has 1 aromatic rings. The molecule has 0 fully saturated rings. The lowest BCUT2D eigenvalue weighted by Crippen LogP contribution is -2.34. The first-order chi connectivity index (χ1) is 9.02. The third kappa shape index (κ3) is 5.81. The molecule has 4 nitrogen and oxygen atoms in total. The molecule has 2 atom stereocenters. The molecule has 0 aliphatic heterocycles. The van der Waals surface area contributed by atoms with Crippen molar-refractivity contribution >= 4 is 5.91 Å². The van der Waals surface area contributed by atoms with Gasteiger partial charge in [0.1, 0.15) is 5.82 Å². The maximum atomic E-state index is 12.8. The van der Waals surface area contributed by atoms with Crippen LogP contribution in [0.2, 0.25) is 0 Å². The minimum Gasteiger partial charge on any atom is -0.389 e. The Labute approximate surface area is 112 Å². The minimum absolute atomic E-state index is 0.000156. The summed E-state index contributed by atoms with van der Waals surface area (Å²) >= 11 is 0. The topological polar surface area (TPSA) is 58.6 Å². The van der Waals surface area contributed by atoms with Gasteiger partial charge < -0.3 is 15.2 Å². The van der Waals surface area contributed by atoms with E-state index in [1.165, 1.54) is 19.2 Å². The summed E-state index contributed by atoms with van der Waals surface area (Å²) < 4.78 is 17.5. The summed E-state index contributed by atoms with van der Waals surface area (Å²) in [7, 11) is 1.49. The zero-order valence-electron chi connectivity index (χ0n) is 11.2. The average molecular weight is 269 g/mol. The van der Waals surface area contributed by atoms with Crippen molar-refractivity contribution in [3.05, 3.63) is 35.6 Å². The van der Waals surface area contributed by atoms with Crippen molar-refractivity contribution in [2.24, 2.45) is 0 Å². The molecule has 0 aliphatic carbocycles. The van der Waals surface area contributed by atoms with Crippen LogP contribution in [0, 0.1) is 5.82 Å². The number of benzene rings is 1. The molecule has 0 heterocycles. The fraction of sp³-hybridized carbons (Fsp3) is 0.500. The van der Waals surface area contributed by atoms with Gasteiger partial charge in [0.15, 0.2) is 0 Å². The monoisotopic (exact) mass is 269 g/mol. The van der Waals surface area contributed by atoms with Crippen LogP contribution in [0.3, 0.4) is 0 Å². The van der Waals surface area contributed by atoms with E-state index in [4.69, 9.17) is 4.74 Å². The number of hydrogen-bond acceptors (Lipinski definition) is 3. The molecular formula is C14H20FNO3. The minimum atomic E-state index is -0.699. The van der Waals surface area contributed by atoms with Crippen molar-refractivity contribution in [3.63, 3.8) is 0 Å². The molecule has 0 saturated heterocycles. The van der Waals surface area contributed by atoms with Gasteiger partial charge in [-0.3, -0.25) is 4.79 Å². The van der Waals surface area contributed by atoms with E-state index in [9.17, 15) is 14.3 Å². The SMILES string of the molecule is COCC(O)CNC(=O)CC(C)c1ccc(F)cc1. The molecule has 0 bridgehead atoms. The van der Waals surface area contributed by atoms with E-state index >= 15 is 0 Å². The van der Waals surface area contributed by atoms with Crippen LogP contribution >= 0.6 is 0 Å². The summed E-state index contributed by atoms with van der Waals surface area (Å²) in [6.07, 6.45) is -0.402. The molecule has 5 heteroatoms. The van der Waals surface area contributed by atoms with Crippen LogP contribution in [0.15, 0.2) is 24.3 Å². The number of carbonyl (C=O) groups is 1. The molecule has 19 heavy (non-hydrogen) atoms. The van der Waals surface area contributed by atoms with Gasteiger partial charge in [0.2, 0.25) is 5.91 Å². The number of rotatable bonds is 7. The first kappa shape index (κ1) is 15.6. The number of hydrogen-bond donors (Lipinski definition) is 2. The highest BCUT2D eigenvalue weighted by atomic mass is 19.1. The number of aliphatic hydroxyl groups is 1. The maximum Gasteiger partial charge on any atom is 0.220 e. The van der Waals surface area contributed by atoms with Crippen LogP contribution in [0.4, 0.5) is 4.39 Å². The van der Waals surface area contributed by atoms with Gasteiger partial charge in [0.25, 0.3) is 0 Å². The maximum absolute atomic E-state index is 12.8. The Balaban J connectivity index is 2.37. The normalized spacial score (nSPS) is 13.9. The smallest absolute Gasteiger partial charge is 0.220 e. The van der Waals surface area contributed by atoms with E-state index < -0.39 is 6.10 Å². The molecule has 2 unspecified atom stereocenters. The number of nitrogens with one attached hydrogen (secondary N) is 1. The molecule has 0 aromatic heterocycles. The molecule has 1 aromatic carbocycles. The van der Waals surface area contributed by atoms with Crippen LogP contribution in [-0.4, -0.2) is 37.4 Å². The van der Waals surface area contributed by atoms with Crippen LogP contribution in [-0.2, 0) is 9.53 Å². The fourth-order valence-electron chi connectivity index (χ4n) is 1.74. The second-order valence-electron chi connectivity index (χ2n) is 4.57. The molecule has 1 rings (SSSR count). The van der Waals surface area contributed by atoms with E-state index in [1.54, 1.807) is 12.1 Å². The van der Waals surface area contributed by atoms with Crippen molar-refractivity contribution < 1.29 is 19.0 Å². The third-order valence-electron chi connectivity index (χ3n) is 2.82. The summed E-state index contributed by atoms with van der Waals surface area (Å²) in [6.45, 7) is 2.26. The second-order valence-corrected chi connectivity index (χ2v) is 4.57. The van der Waals surface area contributed by atoms with Crippen molar-refractivity contribution in [1.29, 1.82) is 0 Å². The number of ether oxygens (including phenoxy) is 1. The highest BCUT2D eigenvalue weighted by Crippen LogP contribution is 2.18. The third-order valence-corrected chi connectivity index (χ3v) is 2.82. The lowest BCUT2D eigenvalue weighted by Gasteiger charge is -2.14. The summed E-state index contributed by atoms with van der Waals surface area (Å²) in [5, 5.41) is 12.0. The predicted octanol–water partition coefficient (Wildman–Crippen LogP) is 1.44. The summed E-state index contributed by atoms with van der Waals surface area (Å²) in [5.41, 5.74) is 0.911. The quantitative estimate of drug-likeness (QED) is 0.787. The van der Waals surface area contributed by atoms with Crippen LogP contribution < -0.4 is 5.32 Å². The largest absolute Gasteiger partial charge is 0.389 e. The number of carbonyl (C=O) groups excluding carboxylic acids is 1. The van der Waals surface area contributed by atoms with Gasteiger partial charge in [0, 0.05) is 20.1 Å². The van der Waals surface area contributed by atoms with Gasteiger partial charge >= 0.3 is 0 Å². The summed E-state index contributed by atoms with van der Waals surface area (Å²) in [6, 6.07) is 6.11. The van der Waals surface area contributed by atoms with E-state index in [0.717, 1.165) is 5.56 Å². The Morgan fingerprint density at radius 2 is 2.05 bits per heavy atom. The van der Waals surface area contributed by atoms with Crippen LogP contribution in [0.25, 0.3) is 0 Å². The van der Waals surface area contributed by atoms with Crippen molar-refractivity contribution in [2.75, 3.05) is 20.3 Å². The zero-order chi connectivity index (χ0) is 14.3. The lowest BCUT2D eigenvalue weighted by molar-refractivity contribution is -0.122. The van der Waals surface area contributed by atoms with Gasteiger partial charge in [-0.05, 0) is 23.6 Å². The number of halogens is 1. The van der Waals surface area contributed by atoms with E-state index in [0.29, 0.717) is 6.42 Å². The van der Waals surface area contributed by atoms with Crippen molar-refractivity contribution in [3.8, 4) is 0 Å². The fourth-order valence-corrected chi connectivity index (χ4v) is 1.74. The Hall–Kier alpha value is -1.46. The van der Waals surface area contributed by atoms with Crippen molar-refractivity contribution in [1.82, 2.24) is 5.32 Å². The number of methoxy groups -OCH3 is 1. The van der Waals surface area contributed by atoms with E-state index in [1.807, 2.05) is 6.92 Å². The average Bonchev–Trinajstić information content (AvgIpc) is 2.37. The Bertz CT molecular complexity index is 394. The van der Waals surface area contributed by atoms with E-state index in [-0.39, 0.29) is 30.8 Å². The Morgan fingerprint density at radius 1 is 1.42 bits per heavy atom. The molecule has 0 aliphatic rings. The Kier molecular flexibility index (Phi) is 6.45. The highest BCUT2D eigenvalue weighted by Gasteiger charge is 2.12. The lowest BCUT2D eigenvalue weighted by atomic mass is 9.97. The summed E-state index contributed by atoms with van der Waals surface area (Å²) in [4.78, 5) is 11.7. The summed E-state index contributed by atoms with van der Waals surface area (Å²) in [5.74, 6) is -0.435.